The number of carbonyl (C=O) groups excluding carboxylic acids is 2. The van der Waals surface area contributed by atoms with E-state index in [0.29, 0.717) is 43.3 Å². The van der Waals surface area contributed by atoms with Gasteiger partial charge in [0.25, 0.3) is 5.91 Å². The van der Waals surface area contributed by atoms with Gasteiger partial charge in [-0.05, 0) is 44.3 Å². The lowest BCUT2D eigenvalue weighted by atomic mass is 9.95. The lowest BCUT2D eigenvalue weighted by Gasteiger charge is -2.30. The first kappa shape index (κ1) is 25.5. The van der Waals surface area contributed by atoms with Crippen molar-refractivity contribution in [3.8, 4) is 5.75 Å². The topological polar surface area (TPSA) is 101 Å². The van der Waals surface area contributed by atoms with Gasteiger partial charge in [-0.3, -0.25) is 4.79 Å². The Kier molecular flexibility index (Phi) is 8.86. The average Bonchev–Trinajstić information content (AvgIpc) is 2.79. The molecule has 0 fully saturated rings. The van der Waals surface area contributed by atoms with Crippen LogP contribution < -0.4 is 20.8 Å². The molecule has 0 spiro atoms. The summed E-state index contributed by atoms with van der Waals surface area (Å²) in [5.74, 6) is -0.559. The molecular formula is C23H22Cl2N4O4S. The molecule has 3 rings (SSSR count). The molecule has 8 nitrogen and oxygen atoms in total. The third-order valence-electron chi connectivity index (χ3n) is 4.71. The van der Waals surface area contributed by atoms with Crippen LogP contribution in [0.3, 0.4) is 0 Å². The van der Waals surface area contributed by atoms with Crippen LogP contribution >= 0.6 is 35.4 Å². The first-order chi connectivity index (χ1) is 16.3. The van der Waals surface area contributed by atoms with Crippen LogP contribution in [0.2, 0.25) is 10.0 Å². The summed E-state index contributed by atoms with van der Waals surface area (Å²) in [6, 6.07) is 11.4. The van der Waals surface area contributed by atoms with Crippen molar-refractivity contribution in [1.82, 2.24) is 16.1 Å². The van der Waals surface area contributed by atoms with Gasteiger partial charge in [0.1, 0.15) is 5.75 Å². The number of amides is 1. The number of rotatable bonds is 8. The highest BCUT2D eigenvalue weighted by Crippen LogP contribution is 2.33. The Morgan fingerprint density at radius 1 is 1.24 bits per heavy atom. The molecular weight excluding hydrogens is 499 g/mol. The van der Waals surface area contributed by atoms with Crippen LogP contribution in [-0.4, -0.2) is 36.4 Å². The number of para-hydroxylation sites is 1. The Labute approximate surface area is 212 Å². The minimum absolute atomic E-state index is 0.229. The van der Waals surface area contributed by atoms with Crippen molar-refractivity contribution in [3.63, 3.8) is 0 Å². The molecule has 11 heteroatoms. The number of thiocarbonyl (C=S) groups is 1. The van der Waals surface area contributed by atoms with E-state index in [1.54, 1.807) is 56.3 Å². The van der Waals surface area contributed by atoms with Crippen LogP contribution in [-0.2, 0) is 14.3 Å². The van der Waals surface area contributed by atoms with Crippen LogP contribution in [0, 0.1) is 0 Å². The van der Waals surface area contributed by atoms with E-state index in [4.69, 9.17) is 44.9 Å². The smallest absolute Gasteiger partial charge is 0.338 e. The van der Waals surface area contributed by atoms with E-state index in [2.05, 4.69) is 21.2 Å². The Bertz CT molecular complexity index is 1170. The van der Waals surface area contributed by atoms with Crippen LogP contribution in [0.5, 0.6) is 5.75 Å². The number of hydrazone groups is 1. The molecule has 0 aliphatic carbocycles. The summed E-state index contributed by atoms with van der Waals surface area (Å²) in [7, 11) is 0. The van der Waals surface area contributed by atoms with Crippen LogP contribution in [0.25, 0.3) is 0 Å². The van der Waals surface area contributed by atoms with Gasteiger partial charge in [0, 0.05) is 21.8 Å². The summed E-state index contributed by atoms with van der Waals surface area (Å²) < 4.78 is 11.0. The van der Waals surface area contributed by atoms with Gasteiger partial charge >= 0.3 is 5.97 Å². The lowest BCUT2D eigenvalue weighted by Crippen LogP contribution is -2.45. The maximum atomic E-state index is 12.6. The lowest BCUT2D eigenvalue weighted by molar-refractivity contribution is -0.139. The van der Waals surface area contributed by atoms with Crippen LogP contribution in [0.4, 0.5) is 0 Å². The normalized spacial score (nSPS) is 15.5. The van der Waals surface area contributed by atoms with E-state index in [1.807, 2.05) is 0 Å². The number of nitrogens with one attached hydrogen (secondary N) is 3. The number of benzene rings is 2. The van der Waals surface area contributed by atoms with E-state index >= 15 is 0 Å². The zero-order chi connectivity index (χ0) is 24.7. The maximum Gasteiger partial charge on any atom is 0.338 e. The third kappa shape index (κ3) is 6.47. The third-order valence-corrected chi connectivity index (χ3v) is 5.49. The van der Waals surface area contributed by atoms with Gasteiger partial charge in [0.05, 0.1) is 29.5 Å². The van der Waals surface area contributed by atoms with Crippen LogP contribution in [0.15, 0.2) is 58.8 Å². The molecule has 0 unspecified atom stereocenters. The predicted molar refractivity (Wildman–Crippen MR) is 135 cm³/mol. The molecule has 2 aromatic rings. The van der Waals surface area contributed by atoms with Gasteiger partial charge < -0.3 is 20.1 Å². The minimum Gasteiger partial charge on any atom is -0.483 e. The number of allylic oxidation sites excluding steroid dienone is 1. The standard InChI is InChI=1S/C23H22Cl2N4O4S/c1-3-32-22(31)20-13(2)27-23(34)28-21(20)16-6-4-5-7-18(16)33-12-19(30)29-26-11-14-8-9-15(24)10-17(14)25/h4-11,21H,3,12H2,1-2H3,(H,29,30)(H2,27,28,34)/t21-/m1/s1. The van der Waals surface area contributed by atoms with Gasteiger partial charge in [-0.15, -0.1) is 0 Å². The summed E-state index contributed by atoms with van der Waals surface area (Å²) in [5, 5.41) is 11.2. The molecule has 1 aliphatic rings. The van der Waals surface area contributed by atoms with Gasteiger partial charge in [-0.1, -0.05) is 47.5 Å². The minimum atomic E-state index is -0.614. The molecule has 1 aliphatic heterocycles. The zero-order valence-corrected chi connectivity index (χ0v) is 20.7. The molecule has 1 amide bonds. The van der Waals surface area contributed by atoms with Crippen molar-refractivity contribution in [1.29, 1.82) is 0 Å². The van der Waals surface area contributed by atoms with E-state index in [1.165, 1.54) is 6.21 Å². The largest absolute Gasteiger partial charge is 0.483 e. The fraction of sp³-hybridized carbons (Fsp3) is 0.217. The van der Waals surface area contributed by atoms with E-state index in [-0.39, 0.29) is 13.2 Å². The Morgan fingerprint density at radius 2 is 2.00 bits per heavy atom. The van der Waals surface area contributed by atoms with Gasteiger partial charge in [-0.2, -0.15) is 5.10 Å². The first-order valence-corrected chi connectivity index (χ1v) is 11.4. The predicted octanol–water partition coefficient (Wildman–Crippen LogP) is 3.88. The molecule has 0 saturated carbocycles. The monoisotopic (exact) mass is 520 g/mol. The summed E-state index contributed by atoms with van der Waals surface area (Å²) in [5.41, 5.74) is 4.56. The summed E-state index contributed by atoms with van der Waals surface area (Å²) in [6.07, 6.45) is 1.41. The number of hydrogen-bond acceptors (Lipinski definition) is 6. The van der Waals surface area contributed by atoms with Crippen molar-refractivity contribution in [2.45, 2.75) is 19.9 Å². The number of ether oxygens (including phenoxy) is 2. The Hall–Kier alpha value is -3.14. The molecule has 3 N–H and O–H groups in total. The molecule has 0 radical (unpaired) electrons. The van der Waals surface area contributed by atoms with E-state index in [0.717, 1.165) is 0 Å². The molecule has 0 aromatic heterocycles. The fourth-order valence-electron chi connectivity index (χ4n) is 3.21. The van der Waals surface area contributed by atoms with Crippen molar-refractivity contribution in [2.75, 3.05) is 13.2 Å². The highest BCUT2D eigenvalue weighted by molar-refractivity contribution is 7.80. The molecule has 2 aromatic carbocycles. The number of esters is 1. The summed E-state index contributed by atoms with van der Waals surface area (Å²) in [6.45, 7) is 3.40. The molecule has 34 heavy (non-hydrogen) atoms. The molecule has 178 valence electrons. The van der Waals surface area contributed by atoms with E-state index in [9.17, 15) is 9.59 Å². The number of nitrogens with zero attached hydrogens (tertiary/aromatic N) is 1. The molecule has 0 saturated heterocycles. The van der Waals surface area contributed by atoms with Crippen LogP contribution in [0.1, 0.15) is 31.0 Å². The van der Waals surface area contributed by atoms with Crippen molar-refractivity contribution in [3.05, 3.63) is 74.9 Å². The Morgan fingerprint density at radius 3 is 2.74 bits per heavy atom. The van der Waals surface area contributed by atoms with Crippen molar-refractivity contribution >= 4 is 58.6 Å². The highest BCUT2D eigenvalue weighted by Gasteiger charge is 2.32. The highest BCUT2D eigenvalue weighted by atomic mass is 35.5. The van der Waals surface area contributed by atoms with Crippen molar-refractivity contribution in [2.24, 2.45) is 5.10 Å². The molecule has 1 atom stereocenters. The summed E-state index contributed by atoms with van der Waals surface area (Å²) >= 11 is 17.2. The quantitative estimate of drug-likeness (QED) is 0.210. The summed E-state index contributed by atoms with van der Waals surface area (Å²) in [4.78, 5) is 24.9. The molecule has 0 bridgehead atoms. The molecule has 1 heterocycles. The number of hydrogen-bond donors (Lipinski definition) is 3. The zero-order valence-electron chi connectivity index (χ0n) is 18.4. The second-order valence-corrected chi connectivity index (χ2v) is 8.33. The van der Waals surface area contributed by atoms with Gasteiger partial charge in [0.15, 0.2) is 11.7 Å². The fourth-order valence-corrected chi connectivity index (χ4v) is 3.94. The SMILES string of the molecule is CCOC(=O)C1=C(C)NC(=S)N[C@@H]1c1ccccc1OCC(=O)NN=Cc1ccc(Cl)cc1Cl. The van der Waals surface area contributed by atoms with Crippen molar-refractivity contribution < 1.29 is 19.1 Å². The first-order valence-electron chi connectivity index (χ1n) is 10.2. The second-order valence-electron chi connectivity index (χ2n) is 7.08. The average molecular weight is 521 g/mol. The van der Waals surface area contributed by atoms with Gasteiger partial charge in [-0.25, -0.2) is 10.2 Å². The number of carbonyl (C=O) groups is 2. The number of halogens is 2. The maximum absolute atomic E-state index is 12.6. The van der Waals surface area contributed by atoms with E-state index < -0.39 is 17.9 Å². The second kappa shape index (κ2) is 11.8. The Balaban J connectivity index is 1.72. The van der Waals surface area contributed by atoms with Gasteiger partial charge in [0.2, 0.25) is 0 Å².